The van der Waals surface area contributed by atoms with Crippen molar-refractivity contribution < 1.29 is 17.9 Å². The molecule has 0 radical (unpaired) electrons. The number of hydrogen-bond acceptors (Lipinski definition) is 5. The molecule has 0 atom stereocenters. The molecule has 1 amide bonds. The standard InChI is InChI=1S/C14H14ClN3O4S/c15-10-1-3-11(4-2-10)18-23(20,21)13-7-5-12(6-8-13)22-9-14(19)17-16/h1-8,18H,9,16H2,(H,17,19). The van der Waals surface area contributed by atoms with E-state index in [1.54, 1.807) is 24.3 Å². The second-order valence-electron chi connectivity index (χ2n) is 4.44. The van der Waals surface area contributed by atoms with Crippen molar-refractivity contribution in [3.63, 3.8) is 0 Å². The Labute approximate surface area is 138 Å². The second-order valence-corrected chi connectivity index (χ2v) is 6.56. The van der Waals surface area contributed by atoms with Crippen molar-refractivity contribution >= 4 is 33.2 Å². The van der Waals surface area contributed by atoms with E-state index in [0.29, 0.717) is 16.5 Å². The molecule has 7 nitrogen and oxygen atoms in total. The maximum Gasteiger partial charge on any atom is 0.271 e. The van der Waals surface area contributed by atoms with Crippen molar-refractivity contribution in [1.82, 2.24) is 5.43 Å². The molecule has 0 aliphatic carbocycles. The van der Waals surface area contributed by atoms with E-state index in [-0.39, 0.29) is 11.5 Å². The summed E-state index contributed by atoms with van der Waals surface area (Å²) in [5.74, 6) is 4.78. The van der Waals surface area contributed by atoms with E-state index in [1.807, 2.05) is 5.43 Å². The maximum absolute atomic E-state index is 12.2. The van der Waals surface area contributed by atoms with Gasteiger partial charge in [-0.25, -0.2) is 14.3 Å². The minimum Gasteiger partial charge on any atom is -0.484 e. The lowest BCUT2D eigenvalue weighted by Crippen LogP contribution is -2.34. The molecule has 2 aromatic rings. The monoisotopic (exact) mass is 355 g/mol. The number of carbonyl (C=O) groups is 1. The molecule has 4 N–H and O–H groups in total. The van der Waals surface area contributed by atoms with Gasteiger partial charge < -0.3 is 4.74 Å². The van der Waals surface area contributed by atoms with E-state index < -0.39 is 15.9 Å². The summed E-state index contributed by atoms with van der Waals surface area (Å²) < 4.78 is 32.1. The van der Waals surface area contributed by atoms with Crippen LogP contribution in [0.25, 0.3) is 0 Å². The molecular formula is C14H14ClN3O4S. The van der Waals surface area contributed by atoms with Gasteiger partial charge >= 0.3 is 0 Å². The highest BCUT2D eigenvalue weighted by atomic mass is 35.5. The van der Waals surface area contributed by atoms with Crippen LogP contribution in [0, 0.1) is 0 Å². The van der Waals surface area contributed by atoms with E-state index in [9.17, 15) is 13.2 Å². The molecule has 0 bridgehead atoms. The molecule has 0 spiro atoms. The van der Waals surface area contributed by atoms with Gasteiger partial charge in [0.1, 0.15) is 5.75 Å². The normalized spacial score (nSPS) is 10.9. The number of ether oxygens (including phenoxy) is 1. The van der Waals surface area contributed by atoms with Crippen LogP contribution in [0.15, 0.2) is 53.4 Å². The highest BCUT2D eigenvalue weighted by Gasteiger charge is 2.14. The van der Waals surface area contributed by atoms with Gasteiger partial charge in [-0.05, 0) is 48.5 Å². The van der Waals surface area contributed by atoms with Crippen molar-refractivity contribution in [2.24, 2.45) is 5.84 Å². The quantitative estimate of drug-likeness (QED) is 0.413. The summed E-state index contributed by atoms with van der Waals surface area (Å²) in [4.78, 5) is 11.0. The van der Waals surface area contributed by atoms with Gasteiger partial charge in [-0.1, -0.05) is 11.6 Å². The summed E-state index contributed by atoms with van der Waals surface area (Å²) >= 11 is 5.75. The maximum atomic E-state index is 12.2. The number of sulfonamides is 1. The van der Waals surface area contributed by atoms with Gasteiger partial charge in [-0.2, -0.15) is 0 Å². The topological polar surface area (TPSA) is 111 Å². The molecule has 0 heterocycles. The first-order valence-electron chi connectivity index (χ1n) is 6.41. The highest BCUT2D eigenvalue weighted by Crippen LogP contribution is 2.20. The molecule has 0 unspecified atom stereocenters. The van der Waals surface area contributed by atoms with Crippen molar-refractivity contribution in [3.8, 4) is 5.75 Å². The Hall–Kier alpha value is -2.29. The lowest BCUT2D eigenvalue weighted by atomic mass is 10.3. The van der Waals surface area contributed by atoms with Crippen molar-refractivity contribution in [2.75, 3.05) is 11.3 Å². The first-order chi connectivity index (χ1) is 10.9. The summed E-state index contributed by atoms with van der Waals surface area (Å²) in [6.45, 7) is -0.258. The lowest BCUT2D eigenvalue weighted by molar-refractivity contribution is -0.123. The van der Waals surface area contributed by atoms with Crippen LogP contribution in [0.1, 0.15) is 0 Å². The average Bonchev–Trinajstić information content (AvgIpc) is 2.55. The zero-order valence-corrected chi connectivity index (χ0v) is 13.4. The van der Waals surface area contributed by atoms with Crippen LogP contribution in [-0.4, -0.2) is 20.9 Å². The van der Waals surface area contributed by atoms with Gasteiger partial charge in [0, 0.05) is 10.7 Å². The lowest BCUT2D eigenvalue weighted by Gasteiger charge is -2.09. The molecule has 9 heteroatoms. The number of carbonyl (C=O) groups excluding carboxylic acids is 1. The van der Waals surface area contributed by atoms with Gasteiger partial charge in [0.05, 0.1) is 4.90 Å². The first kappa shape index (κ1) is 17.1. The number of amides is 1. The van der Waals surface area contributed by atoms with Crippen LogP contribution >= 0.6 is 11.6 Å². The van der Waals surface area contributed by atoms with Crippen molar-refractivity contribution in [1.29, 1.82) is 0 Å². The summed E-state index contributed by atoms with van der Waals surface area (Å²) in [5.41, 5.74) is 2.32. The molecular weight excluding hydrogens is 342 g/mol. The predicted molar refractivity (Wildman–Crippen MR) is 86.5 cm³/mol. The van der Waals surface area contributed by atoms with Crippen LogP contribution in [0.4, 0.5) is 5.69 Å². The predicted octanol–water partition coefficient (Wildman–Crippen LogP) is 1.51. The van der Waals surface area contributed by atoms with Gasteiger partial charge in [-0.15, -0.1) is 0 Å². The SMILES string of the molecule is NNC(=O)COc1ccc(S(=O)(=O)Nc2ccc(Cl)cc2)cc1. The third kappa shape index (κ3) is 4.85. The number of hydrogen-bond donors (Lipinski definition) is 3. The molecule has 0 fully saturated rings. The van der Waals surface area contributed by atoms with Gasteiger partial charge in [0.2, 0.25) is 0 Å². The van der Waals surface area contributed by atoms with E-state index in [1.165, 1.54) is 24.3 Å². The van der Waals surface area contributed by atoms with Crippen LogP contribution in [0.3, 0.4) is 0 Å². The number of benzene rings is 2. The molecule has 0 aliphatic rings. The van der Waals surface area contributed by atoms with Crippen LogP contribution in [0.2, 0.25) is 5.02 Å². The zero-order valence-electron chi connectivity index (χ0n) is 11.8. The molecule has 0 aromatic heterocycles. The highest BCUT2D eigenvalue weighted by molar-refractivity contribution is 7.92. The van der Waals surface area contributed by atoms with Crippen molar-refractivity contribution in [3.05, 3.63) is 53.6 Å². The Morgan fingerprint density at radius 2 is 1.70 bits per heavy atom. The van der Waals surface area contributed by atoms with Crippen LogP contribution in [0.5, 0.6) is 5.75 Å². The minimum atomic E-state index is -3.73. The van der Waals surface area contributed by atoms with E-state index in [4.69, 9.17) is 22.2 Å². The number of anilines is 1. The zero-order chi connectivity index (χ0) is 16.9. The third-order valence-electron chi connectivity index (χ3n) is 2.76. The van der Waals surface area contributed by atoms with Crippen LogP contribution in [-0.2, 0) is 14.8 Å². The molecule has 2 rings (SSSR count). The fourth-order valence-electron chi connectivity index (χ4n) is 1.64. The summed E-state index contributed by atoms with van der Waals surface area (Å²) in [5, 5.41) is 0.510. The van der Waals surface area contributed by atoms with E-state index in [2.05, 4.69) is 4.72 Å². The van der Waals surface area contributed by atoms with Crippen LogP contribution < -0.4 is 20.7 Å². The molecule has 0 saturated heterocycles. The Kier molecular flexibility index (Phi) is 5.43. The van der Waals surface area contributed by atoms with E-state index in [0.717, 1.165) is 0 Å². The molecule has 23 heavy (non-hydrogen) atoms. The van der Waals surface area contributed by atoms with Gasteiger partial charge in [-0.3, -0.25) is 14.9 Å². The number of halogens is 1. The fraction of sp³-hybridized carbons (Fsp3) is 0.0714. The Morgan fingerprint density at radius 1 is 1.09 bits per heavy atom. The Balaban J connectivity index is 2.08. The first-order valence-corrected chi connectivity index (χ1v) is 8.27. The minimum absolute atomic E-state index is 0.0584. The summed E-state index contributed by atoms with van der Waals surface area (Å²) in [6, 6.07) is 11.9. The Morgan fingerprint density at radius 3 is 2.26 bits per heavy atom. The molecule has 0 saturated carbocycles. The van der Waals surface area contributed by atoms with Gasteiger partial charge in [0.15, 0.2) is 6.61 Å². The van der Waals surface area contributed by atoms with E-state index >= 15 is 0 Å². The summed E-state index contributed by atoms with van der Waals surface area (Å²) in [7, 11) is -3.73. The number of nitrogens with two attached hydrogens (primary N) is 1. The smallest absolute Gasteiger partial charge is 0.271 e. The number of rotatable bonds is 6. The summed E-state index contributed by atoms with van der Waals surface area (Å²) in [6.07, 6.45) is 0. The number of nitrogens with one attached hydrogen (secondary N) is 2. The molecule has 0 aliphatic heterocycles. The molecule has 122 valence electrons. The molecule has 2 aromatic carbocycles. The second kappa shape index (κ2) is 7.32. The average molecular weight is 356 g/mol. The third-order valence-corrected chi connectivity index (χ3v) is 4.41. The van der Waals surface area contributed by atoms with Crippen molar-refractivity contribution in [2.45, 2.75) is 4.90 Å². The largest absolute Gasteiger partial charge is 0.484 e. The Bertz CT molecular complexity index is 777. The fourth-order valence-corrected chi connectivity index (χ4v) is 2.82. The van der Waals surface area contributed by atoms with Gasteiger partial charge in [0.25, 0.3) is 15.9 Å². The number of hydrazine groups is 1.